The highest BCUT2D eigenvalue weighted by Gasteiger charge is 2.51. The van der Waals surface area contributed by atoms with E-state index < -0.39 is 11.4 Å². The number of anilines is 1. The summed E-state index contributed by atoms with van der Waals surface area (Å²) >= 11 is 0. The number of rotatable bonds is 9. The molecule has 0 aliphatic heterocycles. The Balaban J connectivity index is 1.31. The van der Waals surface area contributed by atoms with Crippen molar-refractivity contribution < 1.29 is 19.2 Å². The maximum Gasteiger partial charge on any atom is 0.314 e. The summed E-state index contributed by atoms with van der Waals surface area (Å²) < 4.78 is 11.0. The Morgan fingerprint density at radius 1 is 0.972 bits per heavy atom. The number of likely N-dealkylation sites (N-methyl/N-ethyl adjacent to an activating group) is 1. The third-order valence-corrected chi connectivity index (χ3v) is 7.19. The number of carboxylic acids is 1. The third kappa shape index (κ3) is 4.47. The fourth-order valence-electron chi connectivity index (χ4n) is 4.75. The molecular weight excluding hydrogens is 452 g/mol. The van der Waals surface area contributed by atoms with Gasteiger partial charge in [0.2, 0.25) is 0 Å². The van der Waals surface area contributed by atoms with E-state index in [1.165, 1.54) is 5.56 Å². The summed E-state index contributed by atoms with van der Waals surface area (Å²) in [6.07, 6.45) is 2.32. The molecule has 1 aromatic heterocycles. The lowest BCUT2D eigenvalue weighted by molar-refractivity contribution is -0.140. The summed E-state index contributed by atoms with van der Waals surface area (Å²) in [6.45, 7) is 2.79. The molecule has 1 aliphatic carbocycles. The van der Waals surface area contributed by atoms with Crippen molar-refractivity contribution in [3.8, 4) is 28.2 Å². The Hall–Kier alpha value is -4.06. The zero-order valence-corrected chi connectivity index (χ0v) is 20.8. The summed E-state index contributed by atoms with van der Waals surface area (Å²) in [4.78, 5) is 13.8. The van der Waals surface area contributed by atoms with Crippen molar-refractivity contribution in [1.82, 2.24) is 5.16 Å². The maximum absolute atomic E-state index is 11.6. The molecule has 5 rings (SSSR count). The SMILES string of the molecule is COc1ccc(CCN(C)c2c(C)noc2-c2ccc(-c3ccc(C4(C(=O)O)CC4)cc3)cc2)cc1. The molecule has 0 bridgehead atoms. The number of carbonyl (C=O) groups is 1. The lowest BCUT2D eigenvalue weighted by Crippen LogP contribution is -2.21. The van der Waals surface area contributed by atoms with Gasteiger partial charge in [-0.3, -0.25) is 4.79 Å². The van der Waals surface area contributed by atoms with Gasteiger partial charge in [0.1, 0.15) is 17.1 Å². The van der Waals surface area contributed by atoms with Crippen LogP contribution in [0.4, 0.5) is 5.69 Å². The first-order chi connectivity index (χ1) is 17.4. The van der Waals surface area contributed by atoms with E-state index in [0.29, 0.717) is 12.8 Å². The standard InChI is InChI=1S/C30H30N2O4/c1-20-27(32(2)19-16-21-4-14-26(35-3)15-5-21)28(36-31-20)24-8-6-22(7-9-24)23-10-12-25(13-11-23)30(17-18-30)29(33)34/h4-15H,16-19H2,1-3H3,(H,33,34). The predicted octanol–water partition coefficient (Wildman–Crippen LogP) is 6.12. The number of hydrogen-bond acceptors (Lipinski definition) is 5. The van der Waals surface area contributed by atoms with Crippen LogP contribution in [0.15, 0.2) is 77.3 Å². The minimum atomic E-state index is -0.730. The second kappa shape index (κ2) is 9.53. The van der Waals surface area contributed by atoms with Gasteiger partial charge in [-0.15, -0.1) is 0 Å². The Kier molecular flexibility index (Phi) is 6.27. The predicted molar refractivity (Wildman–Crippen MR) is 141 cm³/mol. The highest BCUT2D eigenvalue weighted by atomic mass is 16.5. The van der Waals surface area contributed by atoms with E-state index in [4.69, 9.17) is 9.26 Å². The monoisotopic (exact) mass is 482 g/mol. The maximum atomic E-state index is 11.6. The van der Waals surface area contributed by atoms with Gasteiger partial charge in [0.15, 0.2) is 5.76 Å². The van der Waals surface area contributed by atoms with Crippen LogP contribution in [0.3, 0.4) is 0 Å². The van der Waals surface area contributed by atoms with Crippen molar-refractivity contribution in [2.75, 3.05) is 25.6 Å². The molecule has 1 fully saturated rings. The molecule has 1 heterocycles. The van der Waals surface area contributed by atoms with Gasteiger partial charge >= 0.3 is 5.97 Å². The molecule has 1 N–H and O–H groups in total. The van der Waals surface area contributed by atoms with Crippen molar-refractivity contribution >= 4 is 11.7 Å². The largest absolute Gasteiger partial charge is 0.497 e. The number of nitrogens with zero attached hydrogens (tertiary/aromatic N) is 2. The Morgan fingerprint density at radius 2 is 1.56 bits per heavy atom. The van der Waals surface area contributed by atoms with Crippen molar-refractivity contribution in [1.29, 1.82) is 0 Å². The molecule has 0 unspecified atom stereocenters. The summed E-state index contributed by atoms with van der Waals surface area (Å²) in [5.74, 6) is 0.881. The molecule has 1 aliphatic rings. The number of aryl methyl sites for hydroxylation is 1. The molecule has 0 saturated heterocycles. The lowest BCUT2D eigenvalue weighted by Gasteiger charge is -2.19. The number of hydrogen-bond donors (Lipinski definition) is 1. The molecule has 0 amide bonds. The van der Waals surface area contributed by atoms with E-state index in [1.807, 2.05) is 55.5 Å². The van der Waals surface area contributed by atoms with Gasteiger partial charge < -0.3 is 19.3 Å². The number of carboxylic acid groups (broad SMARTS) is 1. The molecule has 6 nitrogen and oxygen atoms in total. The van der Waals surface area contributed by atoms with E-state index in [9.17, 15) is 9.90 Å². The molecule has 3 aromatic carbocycles. The first-order valence-electron chi connectivity index (χ1n) is 12.2. The fourth-order valence-corrected chi connectivity index (χ4v) is 4.75. The van der Waals surface area contributed by atoms with E-state index in [2.05, 4.69) is 41.4 Å². The minimum absolute atomic E-state index is 0.678. The molecule has 1 saturated carbocycles. The van der Waals surface area contributed by atoms with Crippen molar-refractivity contribution in [3.05, 3.63) is 89.6 Å². The molecule has 6 heteroatoms. The number of methoxy groups -OCH3 is 1. The van der Waals surface area contributed by atoms with Gasteiger partial charge in [-0.25, -0.2) is 0 Å². The van der Waals surface area contributed by atoms with Gasteiger partial charge in [-0.05, 0) is 60.6 Å². The lowest BCUT2D eigenvalue weighted by atomic mass is 9.93. The Morgan fingerprint density at radius 3 is 2.11 bits per heavy atom. The Bertz CT molecular complexity index is 1350. The number of aliphatic carboxylic acids is 1. The highest BCUT2D eigenvalue weighted by molar-refractivity contribution is 5.85. The average molecular weight is 483 g/mol. The minimum Gasteiger partial charge on any atom is -0.497 e. The van der Waals surface area contributed by atoms with Crippen LogP contribution in [0.25, 0.3) is 22.5 Å². The number of aromatic nitrogens is 1. The smallest absolute Gasteiger partial charge is 0.314 e. The van der Waals surface area contributed by atoms with Gasteiger partial charge in [-0.1, -0.05) is 65.8 Å². The molecule has 36 heavy (non-hydrogen) atoms. The fraction of sp³-hybridized carbons (Fsp3) is 0.267. The van der Waals surface area contributed by atoms with Gasteiger partial charge in [-0.2, -0.15) is 0 Å². The molecule has 184 valence electrons. The zero-order valence-electron chi connectivity index (χ0n) is 20.8. The third-order valence-electron chi connectivity index (χ3n) is 7.19. The van der Waals surface area contributed by atoms with Crippen molar-refractivity contribution in [2.24, 2.45) is 0 Å². The van der Waals surface area contributed by atoms with Gasteiger partial charge in [0, 0.05) is 19.2 Å². The van der Waals surface area contributed by atoms with Gasteiger partial charge in [0.05, 0.1) is 12.5 Å². The normalized spacial score (nSPS) is 13.9. The Labute approximate surface area is 211 Å². The number of ether oxygens (including phenoxy) is 1. The second-order valence-corrected chi connectivity index (χ2v) is 9.51. The van der Waals surface area contributed by atoms with Crippen LogP contribution in [0.1, 0.15) is 29.7 Å². The second-order valence-electron chi connectivity index (χ2n) is 9.51. The molecule has 0 radical (unpaired) electrons. The van der Waals surface area contributed by atoms with Crippen LogP contribution in [0.5, 0.6) is 5.75 Å². The highest BCUT2D eigenvalue weighted by Crippen LogP contribution is 2.48. The quantitative estimate of drug-likeness (QED) is 0.310. The summed E-state index contributed by atoms with van der Waals surface area (Å²) in [5, 5.41) is 13.8. The summed E-state index contributed by atoms with van der Waals surface area (Å²) in [6, 6.07) is 24.3. The van der Waals surface area contributed by atoms with Gasteiger partial charge in [0.25, 0.3) is 0 Å². The van der Waals surface area contributed by atoms with Crippen molar-refractivity contribution in [2.45, 2.75) is 31.6 Å². The first kappa shape index (κ1) is 23.7. The van der Waals surface area contributed by atoms with E-state index in [1.54, 1.807) is 7.11 Å². The van der Waals surface area contributed by atoms with E-state index >= 15 is 0 Å². The molecule has 0 atom stereocenters. The molecule has 4 aromatic rings. The van der Waals surface area contributed by atoms with Crippen LogP contribution in [-0.4, -0.2) is 36.9 Å². The first-order valence-corrected chi connectivity index (χ1v) is 12.2. The van der Waals surface area contributed by atoms with Crippen LogP contribution >= 0.6 is 0 Å². The van der Waals surface area contributed by atoms with E-state index in [-0.39, 0.29) is 0 Å². The van der Waals surface area contributed by atoms with Crippen molar-refractivity contribution in [3.63, 3.8) is 0 Å². The zero-order chi connectivity index (χ0) is 25.3. The molecular formula is C30H30N2O4. The summed E-state index contributed by atoms with van der Waals surface area (Å²) in [7, 11) is 3.73. The summed E-state index contributed by atoms with van der Waals surface area (Å²) in [5.41, 5.74) is 6.37. The van der Waals surface area contributed by atoms with Crippen LogP contribution < -0.4 is 9.64 Å². The topological polar surface area (TPSA) is 75.8 Å². The average Bonchev–Trinajstić information content (AvgIpc) is 3.64. The van der Waals surface area contributed by atoms with Crippen LogP contribution in [-0.2, 0) is 16.6 Å². The van der Waals surface area contributed by atoms with Crippen LogP contribution in [0.2, 0.25) is 0 Å². The van der Waals surface area contributed by atoms with E-state index in [0.717, 1.165) is 58.1 Å². The molecule has 0 spiro atoms. The van der Waals surface area contributed by atoms with Crippen LogP contribution in [0, 0.1) is 6.92 Å². The number of benzene rings is 3.